The van der Waals surface area contributed by atoms with Crippen LogP contribution in [-0.4, -0.2) is 63.5 Å². The van der Waals surface area contributed by atoms with E-state index in [1.165, 1.54) is 0 Å². The van der Waals surface area contributed by atoms with Gasteiger partial charge in [-0.05, 0) is 12.5 Å². The van der Waals surface area contributed by atoms with Crippen LogP contribution in [0.4, 0.5) is 4.39 Å². The summed E-state index contributed by atoms with van der Waals surface area (Å²) in [5, 5.41) is 21.2. The van der Waals surface area contributed by atoms with Crippen molar-refractivity contribution in [1.29, 1.82) is 0 Å². The Morgan fingerprint density at radius 2 is 1.82 bits per heavy atom. The molecule has 1 aromatic rings. The average Bonchev–Trinajstić information content (AvgIpc) is 2.80. The molecule has 0 aromatic carbocycles. The minimum Gasteiger partial charge on any atom is -0.383 e. The lowest BCUT2D eigenvalue weighted by Crippen LogP contribution is -2.52. The molecule has 2 rings (SSSR count). The van der Waals surface area contributed by atoms with Gasteiger partial charge in [0.15, 0.2) is 17.9 Å². The van der Waals surface area contributed by atoms with Crippen molar-refractivity contribution in [2.75, 3.05) is 6.61 Å². The number of ether oxygens (including phenoxy) is 1. The highest BCUT2D eigenvalue weighted by Gasteiger charge is 2.66. The van der Waals surface area contributed by atoms with Crippen molar-refractivity contribution >= 4 is 23.5 Å². The summed E-state index contributed by atoms with van der Waals surface area (Å²) in [6, 6.07) is 0.792. The van der Waals surface area contributed by atoms with Gasteiger partial charge in [-0.15, -0.1) is 0 Å². The lowest BCUT2D eigenvalue weighted by Gasteiger charge is -2.32. The van der Waals surface area contributed by atoms with Crippen molar-refractivity contribution in [3.05, 3.63) is 45.3 Å². The maximum atomic E-state index is 15.4. The highest BCUT2D eigenvalue weighted by molar-refractivity contribution is 7.66. The van der Waals surface area contributed by atoms with Crippen molar-refractivity contribution < 1.29 is 65.8 Å². The van der Waals surface area contributed by atoms with Crippen LogP contribution in [0.2, 0.25) is 0 Å². The molecular formula is C12H18FN2O15P3. The topological polar surface area (TPSA) is 264 Å². The van der Waals surface area contributed by atoms with Gasteiger partial charge in [-0.2, -0.15) is 8.62 Å². The van der Waals surface area contributed by atoms with E-state index in [0.29, 0.717) is 4.57 Å². The fourth-order valence-electron chi connectivity index (χ4n) is 2.71. The summed E-state index contributed by atoms with van der Waals surface area (Å²) >= 11 is 0. The number of aromatic amines is 1. The third-order valence-electron chi connectivity index (χ3n) is 4.14. The maximum absolute atomic E-state index is 15.4. The van der Waals surface area contributed by atoms with Crippen LogP contribution in [0.5, 0.6) is 0 Å². The van der Waals surface area contributed by atoms with Crippen molar-refractivity contribution in [3.63, 3.8) is 0 Å². The molecule has 1 aliphatic rings. The van der Waals surface area contributed by atoms with Gasteiger partial charge in [-0.3, -0.25) is 18.9 Å². The van der Waals surface area contributed by atoms with E-state index >= 15 is 4.39 Å². The molecule has 188 valence electrons. The second kappa shape index (κ2) is 9.02. The molecule has 7 N–H and O–H groups in total. The van der Waals surface area contributed by atoms with Crippen molar-refractivity contribution in [1.82, 2.24) is 9.55 Å². The molecule has 0 saturated carbocycles. The Kier molecular flexibility index (Phi) is 7.62. The number of nitrogens with zero attached hydrogens (tertiary/aromatic N) is 1. The largest absolute Gasteiger partial charge is 0.490 e. The third-order valence-corrected chi connectivity index (χ3v) is 7.92. The molecule has 6 unspecified atom stereocenters. The first-order valence-corrected chi connectivity index (χ1v) is 12.8. The Bertz CT molecular complexity index is 1190. The Hall–Kier alpha value is -1.36. The van der Waals surface area contributed by atoms with E-state index in [1.54, 1.807) is 4.98 Å². The van der Waals surface area contributed by atoms with Crippen molar-refractivity contribution in [2.45, 2.75) is 30.7 Å². The van der Waals surface area contributed by atoms with Crippen LogP contribution in [0.25, 0.3) is 0 Å². The summed E-state index contributed by atoms with van der Waals surface area (Å²) in [4.78, 5) is 60.6. The van der Waals surface area contributed by atoms with E-state index in [4.69, 9.17) is 19.4 Å². The zero-order valence-electron chi connectivity index (χ0n) is 16.2. The predicted octanol–water partition coefficient (Wildman–Crippen LogP) is -1.26. The summed E-state index contributed by atoms with van der Waals surface area (Å²) < 4.78 is 65.5. The Labute approximate surface area is 182 Å². The SMILES string of the molecule is C=C(C)C1(O)C(n2ccc(=O)[nH]c2=O)OC(F)(COP(=O)(O)OP(=O)(O)OP(=O)(O)O)C1O. The number of hydrogen-bond donors (Lipinski definition) is 7. The van der Waals surface area contributed by atoms with E-state index in [-0.39, 0.29) is 5.57 Å². The van der Waals surface area contributed by atoms with Gasteiger partial charge < -0.3 is 34.5 Å². The minimum atomic E-state index is -5.92. The number of hydrogen-bond acceptors (Lipinski definition) is 11. The van der Waals surface area contributed by atoms with Crippen LogP contribution in [0, 0.1) is 0 Å². The first-order chi connectivity index (χ1) is 14.7. The fourth-order valence-corrected chi connectivity index (χ4v) is 5.75. The summed E-state index contributed by atoms with van der Waals surface area (Å²) in [5.74, 6) is -3.61. The Balaban J connectivity index is 2.33. The minimum absolute atomic E-state index is 0.365. The van der Waals surface area contributed by atoms with Crippen LogP contribution in [0.1, 0.15) is 13.2 Å². The highest BCUT2D eigenvalue weighted by Crippen LogP contribution is 2.66. The highest BCUT2D eigenvalue weighted by atomic mass is 31.3. The van der Waals surface area contributed by atoms with Crippen LogP contribution >= 0.6 is 23.5 Å². The van der Waals surface area contributed by atoms with E-state index < -0.39 is 65.1 Å². The van der Waals surface area contributed by atoms with Gasteiger partial charge in [0.05, 0.1) is 0 Å². The van der Waals surface area contributed by atoms with Crippen LogP contribution in [0.3, 0.4) is 0 Å². The van der Waals surface area contributed by atoms with Gasteiger partial charge in [0.1, 0.15) is 6.61 Å². The molecule has 6 atom stereocenters. The molecule has 0 radical (unpaired) electrons. The van der Waals surface area contributed by atoms with Gasteiger partial charge in [-0.25, -0.2) is 22.9 Å². The first kappa shape index (κ1) is 27.9. The lowest BCUT2D eigenvalue weighted by atomic mass is 9.87. The molecule has 1 fully saturated rings. The van der Waals surface area contributed by atoms with Gasteiger partial charge in [0, 0.05) is 12.3 Å². The molecule has 33 heavy (non-hydrogen) atoms. The number of rotatable bonds is 9. The number of nitrogens with one attached hydrogen (secondary N) is 1. The predicted molar refractivity (Wildman–Crippen MR) is 101 cm³/mol. The number of phosphoric acid groups is 3. The summed E-state index contributed by atoms with van der Waals surface area (Å²) in [5.41, 5.74) is -5.23. The Morgan fingerprint density at radius 3 is 2.30 bits per heavy atom. The molecule has 0 aliphatic carbocycles. The van der Waals surface area contributed by atoms with Crippen LogP contribution in [-0.2, 0) is 31.6 Å². The molecule has 21 heteroatoms. The van der Waals surface area contributed by atoms with Gasteiger partial charge in [0.25, 0.3) is 11.4 Å². The molecular weight excluding hydrogens is 524 g/mol. The average molecular weight is 542 g/mol. The number of aliphatic hydroxyl groups excluding tert-OH is 1. The smallest absolute Gasteiger partial charge is 0.383 e. The second-order valence-electron chi connectivity index (χ2n) is 6.65. The number of aromatic nitrogens is 2. The first-order valence-electron chi connectivity index (χ1n) is 8.25. The zero-order chi connectivity index (χ0) is 25.6. The summed E-state index contributed by atoms with van der Waals surface area (Å²) in [6.45, 7) is 2.66. The molecule has 17 nitrogen and oxygen atoms in total. The van der Waals surface area contributed by atoms with E-state index in [1.807, 2.05) is 0 Å². The number of alkyl halides is 1. The molecule has 0 spiro atoms. The zero-order valence-corrected chi connectivity index (χ0v) is 18.9. The maximum Gasteiger partial charge on any atom is 0.490 e. The molecule has 1 aromatic heterocycles. The fraction of sp³-hybridized carbons (Fsp3) is 0.500. The van der Waals surface area contributed by atoms with E-state index in [0.717, 1.165) is 19.2 Å². The van der Waals surface area contributed by atoms with E-state index in [9.17, 15) is 38.4 Å². The van der Waals surface area contributed by atoms with Crippen LogP contribution < -0.4 is 11.2 Å². The molecule has 1 aliphatic heterocycles. The summed E-state index contributed by atoms with van der Waals surface area (Å²) in [6.07, 6.45) is -4.00. The monoisotopic (exact) mass is 542 g/mol. The standard InChI is InChI=1S/C12H18FN2O15P3/c1-6(2)12(19)8(17)11(13,28-9(12)15-4-3-7(16)14-10(15)18)5-27-32(23,24)30-33(25,26)29-31(20,21)22/h3-4,8-9,17,19H,1,5H2,2H3,(H,23,24)(H,25,26)(H,14,16,18)(H2,20,21,22). The van der Waals surface area contributed by atoms with Crippen molar-refractivity contribution in [3.8, 4) is 0 Å². The number of phosphoric ester groups is 1. The third kappa shape index (κ3) is 6.21. The quantitative estimate of drug-likeness (QED) is 0.142. The molecule has 0 amide bonds. The number of aliphatic hydroxyl groups is 2. The van der Waals surface area contributed by atoms with Gasteiger partial charge in [-0.1, -0.05) is 6.58 Å². The van der Waals surface area contributed by atoms with Crippen molar-refractivity contribution in [2.24, 2.45) is 0 Å². The van der Waals surface area contributed by atoms with Gasteiger partial charge in [0.2, 0.25) is 0 Å². The molecule has 1 saturated heterocycles. The van der Waals surface area contributed by atoms with Crippen LogP contribution in [0.15, 0.2) is 34.0 Å². The molecule has 2 heterocycles. The number of halogens is 1. The summed E-state index contributed by atoms with van der Waals surface area (Å²) in [7, 11) is -17.4. The van der Waals surface area contributed by atoms with Gasteiger partial charge >= 0.3 is 29.2 Å². The Morgan fingerprint density at radius 1 is 1.24 bits per heavy atom. The molecule has 0 bridgehead atoms. The lowest BCUT2D eigenvalue weighted by molar-refractivity contribution is -0.204. The number of H-pyrrole nitrogens is 1. The second-order valence-corrected chi connectivity index (χ2v) is 11.1. The normalized spacial score (nSPS) is 31.6. The van der Waals surface area contributed by atoms with E-state index in [2.05, 4.69) is 19.7 Å².